The first-order valence-electron chi connectivity index (χ1n) is 13.3. The predicted octanol–water partition coefficient (Wildman–Crippen LogP) is 0.656. The number of phenolic OH excluding ortho intramolecular Hbond substituents is 1. The van der Waals surface area contributed by atoms with E-state index in [1.165, 1.54) is 12.1 Å². The van der Waals surface area contributed by atoms with Gasteiger partial charge in [-0.1, -0.05) is 44.2 Å². The molecular formula is C29H35N5O8. The van der Waals surface area contributed by atoms with Crippen LogP contribution in [0.1, 0.15) is 31.4 Å². The Bertz CT molecular complexity index is 1440. The number of para-hydroxylation sites is 1. The average molecular weight is 582 g/mol. The number of carboxylic acid groups (broad SMARTS) is 2. The third-order valence-electron chi connectivity index (χ3n) is 6.70. The molecule has 3 rings (SSSR count). The SMILES string of the molecule is CC(C)C(NC(=O)C(Cc1ccc(O)cc1)NC(=O)C(Cc1c[nH]c2ccccc12)NC(=O)C(N)CC(=O)O)C(=O)O. The van der Waals surface area contributed by atoms with Gasteiger partial charge in [0.1, 0.15) is 23.9 Å². The summed E-state index contributed by atoms with van der Waals surface area (Å²) >= 11 is 0. The first-order chi connectivity index (χ1) is 19.8. The van der Waals surface area contributed by atoms with Crippen LogP contribution in [0.15, 0.2) is 54.7 Å². The van der Waals surface area contributed by atoms with Crippen molar-refractivity contribution >= 4 is 40.6 Å². The highest BCUT2D eigenvalue weighted by Crippen LogP contribution is 2.20. The highest BCUT2D eigenvalue weighted by atomic mass is 16.4. The zero-order valence-corrected chi connectivity index (χ0v) is 23.2. The van der Waals surface area contributed by atoms with Gasteiger partial charge in [-0.25, -0.2) is 4.79 Å². The van der Waals surface area contributed by atoms with Crippen LogP contribution in [-0.4, -0.2) is 74.1 Å². The summed E-state index contributed by atoms with van der Waals surface area (Å²) in [6.07, 6.45) is 0.924. The number of carboxylic acids is 2. The Morgan fingerprint density at radius 1 is 0.833 bits per heavy atom. The van der Waals surface area contributed by atoms with E-state index in [-0.39, 0.29) is 18.6 Å². The molecule has 3 amide bonds. The maximum absolute atomic E-state index is 13.7. The van der Waals surface area contributed by atoms with Crippen LogP contribution >= 0.6 is 0 Å². The topological polar surface area (TPSA) is 224 Å². The van der Waals surface area contributed by atoms with Crippen LogP contribution in [0.5, 0.6) is 5.75 Å². The van der Waals surface area contributed by atoms with Gasteiger partial charge in [0.05, 0.1) is 12.5 Å². The summed E-state index contributed by atoms with van der Waals surface area (Å²) in [7, 11) is 0. The fraction of sp³-hybridized carbons (Fsp3) is 0.345. The summed E-state index contributed by atoms with van der Waals surface area (Å²) < 4.78 is 0. The number of aromatic amines is 1. The zero-order chi connectivity index (χ0) is 31.0. The standard InChI is InChI=1S/C29H35N5O8/c1-15(2)25(29(41)42)34-28(40)22(11-16-7-9-18(35)10-8-16)33-27(39)23(32-26(38)20(30)13-24(36)37)12-17-14-31-21-6-4-3-5-19(17)21/h3-10,14-15,20,22-23,25,31,35H,11-13,30H2,1-2H3,(H,32,38)(H,33,39)(H,34,40)(H,36,37)(H,41,42). The molecule has 0 aliphatic carbocycles. The number of hydrogen-bond acceptors (Lipinski definition) is 7. The Labute approximate surface area is 241 Å². The number of phenols is 1. The van der Waals surface area contributed by atoms with Crippen LogP contribution in [0.2, 0.25) is 0 Å². The van der Waals surface area contributed by atoms with Gasteiger partial charge in [-0.05, 0) is 35.2 Å². The van der Waals surface area contributed by atoms with Gasteiger partial charge in [0.15, 0.2) is 0 Å². The quantitative estimate of drug-likeness (QED) is 0.134. The molecule has 0 aliphatic heterocycles. The predicted molar refractivity (Wildman–Crippen MR) is 152 cm³/mol. The molecule has 4 atom stereocenters. The number of aromatic hydroxyl groups is 1. The van der Waals surface area contributed by atoms with Crippen molar-refractivity contribution in [2.24, 2.45) is 11.7 Å². The number of aliphatic carboxylic acids is 2. The van der Waals surface area contributed by atoms with E-state index < -0.39 is 66.2 Å². The molecule has 2 aromatic carbocycles. The molecule has 0 aliphatic rings. The van der Waals surface area contributed by atoms with Crippen molar-refractivity contribution in [1.29, 1.82) is 0 Å². The number of carbonyl (C=O) groups excluding carboxylic acids is 3. The number of nitrogens with two attached hydrogens (primary N) is 1. The Hall–Kier alpha value is -4.91. The molecule has 1 heterocycles. The number of H-pyrrole nitrogens is 1. The van der Waals surface area contributed by atoms with Gasteiger partial charge < -0.3 is 42.0 Å². The zero-order valence-electron chi connectivity index (χ0n) is 23.2. The van der Waals surface area contributed by atoms with Crippen molar-refractivity contribution in [3.05, 3.63) is 65.9 Å². The van der Waals surface area contributed by atoms with Crippen LogP contribution in [0.4, 0.5) is 0 Å². The molecule has 9 N–H and O–H groups in total. The van der Waals surface area contributed by atoms with Crippen molar-refractivity contribution in [3.8, 4) is 5.75 Å². The summed E-state index contributed by atoms with van der Waals surface area (Å²) in [5, 5.41) is 36.6. The maximum atomic E-state index is 13.7. The van der Waals surface area contributed by atoms with E-state index in [2.05, 4.69) is 20.9 Å². The van der Waals surface area contributed by atoms with Crippen molar-refractivity contribution in [1.82, 2.24) is 20.9 Å². The Morgan fingerprint density at radius 3 is 2.05 bits per heavy atom. The smallest absolute Gasteiger partial charge is 0.326 e. The van der Waals surface area contributed by atoms with Crippen molar-refractivity contribution in [2.75, 3.05) is 0 Å². The number of fused-ring (bicyclic) bond motifs is 1. The number of aromatic nitrogens is 1. The van der Waals surface area contributed by atoms with Gasteiger partial charge in [0.25, 0.3) is 0 Å². The molecule has 0 radical (unpaired) electrons. The fourth-order valence-electron chi connectivity index (χ4n) is 4.41. The van der Waals surface area contributed by atoms with Crippen LogP contribution in [0, 0.1) is 5.92 Å². The van der Waals surface area contributed by atoms with Crippen LogP contribution in [0.3, 0.4) is 0 Å². The number of rotatable bonds is 14. The molecule has 13 nitrogen and oxygen atoms in total. The second kappa shape index (κ2) is 14.1. The van der Waals surface area contributed by atoms with Gasteiger partial charge in [-0.3, -0.25) is 19.2 Å². The minimum absolute atomic E-state index is 0.00580. The number of amides is 3. The monoisotopic (exact) mass is 581 g/mol. The number of carbonyl (C=O) groups is 5. The minimum Gasteiger partial charge on any atom is -0.508 e. The second-order valence-electron chi connectivity index (χ2n) is 10.3. The normalized spacial score (nSPS) is 14.0. The summed E-state index contributed by atoms with van der Waals surface area (Å²) in [6.45, 7) is 3.25. The van der Waals surface area contributed by atoms with Crippen molar-refractivity contribution < 1.29 is 39.3 Å². The largest absolute Gasteiger partial charge is 0.508 e. The van der Waals surface area contributed by atoms with E-state index in [9.17, 15) is 34.2 Å². The Morgan fingerprint density at radius 2 is 1.43 bits per heavy atom. The summed E-state index contributed by atoms with van der Waals surface area (Å²) in [6, 6.07) is 8.01. The third kappa shape index (κ3) is 8.54. The van der Waals surface area contributed by atoms with Crippen molar-refractivity contribution in [3.63, 3.8) is 0 Å². The molecule has 42 heavy (non-hydrogen) atoms. The lowest BCUT2D eigenvalue weighted by atomic mass is 10.00. The number of benzene rings is 2. The first kappa shape index (κ1) is 31.6. The van der Waals surface area contributed by atoms with E-state index >= 15 is 0 Å². The number of hydrogen-bond donors (Lipinski definition) is 8. The molecule has 0 saturated heterocycles. The van der Waals surface area contributed by atoms with Crippen LogP contribution < -0.4 is 21.7 Å². The van der Waals surface area contributed by atoms with Gasteiger partial charge in [-0.2, -0.15) is 0 Å². The van der Waals surface area contributed by atoms with E-state index in [4.69, 9.17) is 10.8 Å². The van der Waals surface area contributed by atoms with Gasteiger partial charge in [-0.15, -0.1) is 0 Å². The fourth-order valence-corrected chi connectivity index (χ4v) is 4.41. The highest BCUT2D eigenvalue weighted by molar-refractivity contribution is 5.95. The molecule has 0 spiro atoms. The molecule has 0 saturated carbocycles. The average Bonchev–Trinajstić information content (AvgIpc) is 3.33. The molecule has 0 fully saturated rings. The summed E-state index contributed by atoms with van der Waals surface area (Å²) in [5.74, 6) is -5.41. The number of nitrogens with one attached hydrogen (secondary N) is 4. The second-order valence-corrected chi connectivity index (χ2v) is 10.3. The Balaban J connectivity index is 1.91. The molecule has 4 unspecified atom stereocenters. The summed E-state index contributed by atoms with van der Waals surface area (Å²) in [5.41, 5.74) is 7.76. The molecule has 0 bridgehead atoms. The van der Waals surface area contributed by atoms with Gasteiger partial charge in [0.2, 0.25) is 17.7 Å². The van der Waals surface area contributed by atoms with E-state index in [0.717, 1.165) is 10.9 Å². The summed E-state index contributed by atoms with van der Waals surface area (Å²) in [4.78, 5) is 65.7. The molecule has 224 valence electrons. The van der Waals surface area contributed by atoms with E-state index in [0.29, 0.717) is 11.1 Å². The van der Waals surface area contributed by atoms with Gasteiger partial charge in [0, 0.05) is 29.9 Å². The minimum atomic E-state index is -1.43. The maximum Gasteiger partial charge on any atom is 0.326 e. The Kier molecular flexibility index (Phi) is 10.6. The molecule has 3 aromatic rings. The molecular weight excluding hydrogens is 546 g/mol. The third-order valence-corrected chi connectivity index (χ3v) is 6.70. The van der Waals surface area contributed by atoms with Gasteiger partial charge >= 0.3 is 11.9 Å². The lowest BCUT2D eigenvalue weighted by Gasteiger charge is -2.26. The first-order valence-corrected chi connectivity index (χ1v) is 13.3. The molecule has 13 heteroatoms. The van der Waals surface area contributed by atoms with E-state index in [1.807, 2.05) is 24.3 Å². The van der Waals surface area contributed by atoms with Crippen molar-refractivity contribution in [2.45, 2.75) is 57.3 Å². The highest BCUT2D eigenvalue weighted by Gasteiger charge is 2.32. The lowest BCUT2D eigenvalue weighted by Crippen LogP contribution is -2.58. The van der Waals surface area contributed by atoms with Crippen LogP contribution in [-0.2, 0) is 36.8 Å². The van der Waals surface area contributed by atoms with E-state index in [1.54, 1.807) is 32.2 Å². The molecule has 1 aromatic heterocycles. The lowest BCUT2D eigenvalue weighted by molar-refractivity contribution is -0.143. The van der Waals surface area contributed by atoms with Crippen LogP contribution in [0.25, 0.3) is 10.9 Å².